The van der Waals surface area contributed by atoms with Crippen molar-refractivity contribution in [3.05, 3.63) is 29.3 Å². The predicted octanol–water partition coefficient (Wildman–Crippen LogP) is 3.04. The fourth-order valence-corrected chi connectivity index (χ4v) is 3.56. The van der Waals surface area contributed by atoms with Crippen molar-refractivity contribution in [2.75, 3.05) is 39.8 Å². The molecule has 1 N–H and O–H groups in total. The van der Waals surface area contributed by atoms with E-state index in [1.54, 1.807) is 12.0 Å². The number of amides is 1. The van der Waals surface area contributed by atoms with E-state index >= 15 is 0 Å². The number of nitrogens with zero attached hydrogens (tertiary/aromatic N) is 3. The number of benzene rings is 1. The van der Waals surface area contributed by atoms with E-state index in [1.807, 2.05) is 27.7 Å². The van der Waals surface area contributed by atoms with Crippen LogP contribution < -0.4 is 10.1 Å². The third-order valence-corrected chi connectivity index (χ3v) is 5.03. The van der Waals surface area contributed by atoms with Crippen molar-refractivity contribution in [1.82, 2.24) is 15.1 Å². The number of nitrogens with one attached hydrogen (secondary N) is 1. The van der Waals surface area contributed by atoms with Crippen molar-refractivity contribution >= 4 is 36.0 Å². The van der Waals surface area contributed by atoms with Crippen molar-refractivity contribution < 1.29 is 14.3 Å². The van der Waals surface area contributed by atoms with Crippen LogP contribution in [0.3, 0.4) is 0 Å². The van der Waals surface area contributed by atoms with Gasteiger partial charge in [-0.25, -0.2) is 4.79 Å². The number of methoxy groups -OCH3 is 1. The van der Waals surface area contributed by atoms with E-state index in [0.717, 1.165) is 36.8 Å². The number of halogens is 1. The second kappa shape index (κ2) is 9.86. The van der Waals surface area contributed by atoms with Crippen LogP contribution in [-0.2, 0) is 11.2 Å². The summed E-state index contributed by atoms with van der Waals surface area (Å²) in [6.07, 6.45) is 0.667. The lowest BCUT2D eigenvalue weighted by atomic mass is 10.1. The Balaban J connectivity index is 0.00000300. The lowest BCUT2D eigenvalue weighted by Gasteiger charge is -2.39. The first-order valence-electron chi connectivity index (χ1n) is 9.93. The van der Waals surface area contributed by atoms with Gasteiger partial charge in [0.25, 0.3) is 0 Å². The van der Waals surface area contributed by atoms with Crippen LogP contribution in [0.2, 0.25) is 0 Å². The molecule has 0 aliphatic carbocycles. The number of aryl methyl sites for hydroxylation is 1. The topological polar surface area (TPSA) is 66.4 Å². The van der Waals surface area contributed by atoms with Crippen LogP contribution in [0.1, 0.15) is 31.9 Å². The smallest absolute Gasteiger partial charge is 0.410 e. The van der Waals surface area contributed by atoms with Crippen molar-refractivity contribution in [3.63, 3.8) is 0 Å². The number of aliphatic imine (C=N–C) groups is 1. The first-order chi connectivity index (χ1) is 13.3. The van der Waals surface area contributed by atoms with E-state index in [1.165, 1.54) is 5.56 Å². The lowest BCUT2D eigenvalue weighted by Crippen LogP contribution is -2.57. The summed E-state index contributed by atoms with van der Waals surface area (Å²) in [5.74, 6) is 1.86. The maximum atomic E-state index is 12.3. The normalized spacial score (nSPS) is 18.5. The monoisotopic (exact) mass is 516 g/mol. The molecule has 1 unspecified atom stereocenters. The minimum Gasteiger partial charge on any atom is -0.496 e. The van der Waals surface area contributed by atoms with Crippen LogP contribution in [0.4, 0.5) is 4.79 Å². The summed E-state index contributed by atoms with van der Waals surface area (Å²) in [6, 6.07) is 6.55. The number of carbonyl (C=O) groups is 1. The van der Waals surface area contributed by atoms with Crippen LogP contribution in [0, 0.1) is 6.92 Å². The summed E-state index contributed by atoms with van der Waals surface area (Å²) < 4.78 is 10.9. The Bertz CT molecular complexity index is 748. The fraction of sp³-hybridized carbons (Fsp3) is 0.619. The largest absolute Gasteiger partial charge is 0.496 e. The molecule has 2 aliphatic heterocycles. The van der Waals surface area contributed by atoms with E-state index in [9.17, 15) is 4.79 Å². The standard InChI is InChI=1S/C21H32N4O3.HI/c1-15-6-7-16(12-18(15)27-5)8-9-22-19-23-13-17-14-24(10-11-25(17)19)20(26)28-21(2,3)4;/h6-7,12,17H,8-11,13-14H2,1-5H3,(H,22,23);1H. The molecule has 0 spiro atoms. The summed E-state index contributed by atoms with van der Waals surface area (Å²) in [7, 11) is 1.70. The minimum atomic E-state index is -0.466. The van der Waals surface area contributed by atoms with E-state index < -0.39 is 5.60 Å². The first-order valence-corrected chi connectivity index (χ1v) is 9.93. The summed E-state index contributed by atoms with van der Waals surface area (Å²) >= 11 is 0. The zero-order chi connectivity index (χ0) is 20.3. The number of guanidine groups is 1. The van der Waals surface area contributed by atoms with Crippen LogP contribution in [0.15, 0.2) is 23.2 Å². The SMILES string of the molecule is COc1cc(CCNC2=NCC3CN(C(=O)OC(C)(C)C)CCN23)ccc1C.I. The molecule has 3 rings (SSSR count). The molecule has 2 heterocycles. The van der Waals surface area contributed by atoms with Gasteiger partial charge in [0.2, 0.25) is 0 Å². The third-order valence-electron chi connectivity index (χ3n) is 5.03. The molecule has 0 saturated carbocycles. The highest BCUT2D eigenvalue weighted by molar-refractivity contribution is 14.0. The van der Waals surface area contributed by atoms with E-state index in [0.29, 0.717) is 19.6 Å². The molecular formula is C21H33IN4O3. The highest BCUT2D eigenvalue weighted by Crippen LogP contribution is 2.20. The summed E-state index contributed by atoms with van der Waals surface area (Å²) in [4.78, 5) is 21.0. The molecule has 0 radical (unpaired) electrons. The average molecular weight is 516 g/mol. The van der Waals surface area contributed by atoms with E-state index in [2.05, 4.69) is 33.4 Å². The maximum Gasteiger partial charge on any atom is 0.410 e. The molecule has 1 fully saturated rings. The zero-order valence-electron chi connectivity index (χ0n) is 18.0. The maximum absolute atomic E-state index is 12.3. The molecule has 1 amide bonds. The molecule has 0 aromatic heterocycles. The van der Waals surface area contributed by atoms with Gasteiger partial charge in [-0.05, 0) is 51.3 Å². The van der Waals surface area contributed by atoms with Gasteiger partial charge >= 0.3 is 6.09 Å². The molecule has 2 aliphatic rings. The number of ether oxygens (including phenoxy) is 2. The van der Waals surface area contributed by atoms with Crippen LogP contribution in [0.25, 0.3) is 0 Å². The Labute approximate surface area is 190 Å². The number of piperazine rings is 1. The highest BCUT2D eigenvalue weighted by atomic mass is 127. The van der Waals surface area contributed by atoms with Gasteiger partial charge in [0, 0.05) is 26.2 Å². The lowest BCUT2D eigenvalue weighted by molar-refractivity contribution is 0.0137. The average Bonchev–Trinajstić information content (AvgIpc) is 3.04. The first kappa shape index (κ1) is 23.6. The molecule has 1 saturated heterocycles. The Morgan fingerprint density at radius 2 is 2.07 bits per heavy atom. The van der Waals surface area contributed by atoms with Crippen molar-refractivity contribution in [2.45, 2.75) is 45.8 Å². The number of rotatable bonds is 4. The quantitative estimate of drug-likeness (QED) is 0.624. The van der Waals surface area contributed by atoms with Crippen molar-refractivity contribution in [1.29, 1.82) is 0 Å². The molecular weight excluding hydrogens is 483 g/mol. The number of hydrogen-bond acceptors (Lipinski definition) is 6. The molecule has 29 heavy (non-hydrogen) atoms. The van der Waals surface area contributed by atoms with Gasteiger partial charge in [-0.1, -0.05) is 12.1 Å². The molecule has 1 aromatic rings. The molecule has 7 nitrogen and oxygen atoms in total. The number of hydrogen-bond donors (Lipinski definition) is 1. The Morgan fingerprint density at radius 3 is 2.76 bits per heavy atom. The number of fused-ring (bicyclic) bond motifs is 1. The molecule has 8 heteroatoms. The van der Waals surface area contributed by atoms with Crippen LogP contribution in [-0.4, -0.2) is 73.3 Å². The van der Waals surface area contributed by atoms with Crippen molar-refractivity contribution in [3.8, 4) is 5.75 Å². The Hall–Kier alpha value is -1.71. The van der Waals surface area contributed by atoms with Crippen LogP contribution in [0.5, 0.6) is 5.75 Å². The van der Waals surface area contributed by atoms with Crippen molar-refractivity contribution in [2.24, 2.45) is 4.99 Å². The summed E-state index contributed by atoms with van der Waals surface area (Å²) in [5, 5.41) is 3.46. The fourth-order valence-electron chi connectivity index (χ4n) is 3.56. The van der Waals surface area contributed by atoms with Gasteiger partial charge in [0.05, 0.1) is 19.7 Å². The van der Waals surface area contributed by atoms with Gasteiger partial charge in [-0.3, -0.25) is 4.99 Å². The predicted molar refractivity (Wildman–Crippen MR) is 125 cm³/mol. The molecule has 0 bridgehead atoms. The second-order valence-electron chi connectivity index (χ2n) is 8.42. The van der Waals surface area contributed by atoms with Gasteiger partial charge in [0.1, 0.15) is 11.4 Å². The Morgan fingerprint density at radius 1 is 1.31 bits per heavy atom. The van der Waals surface area contributed by atoms with E-state index in [4.69, 9.17) is 9.47 Å². The van der Waals surface area contributed by atoms with Gasteiger partial charge in [0.15, 0.2) is 5.96 Å². The zero-order valence-corrected chi connectivity index (χ0v) is 20.4. The summed E-state index contributed by atoms with van der Waals surface area (Å²) in [6.45, 7) is 11.3. The molecule has 1 aromatic carbocycles. The highest BCUT2D eigenvalue weighted by Gasteiger charge is 2.36. The van der Waals surface area contributed by atoms with Crippen LogP contribution >= 0.6 is 24.0 Å². The minimum absolute atomic E-state index is 0. The van der Waals surface area contributed by atoms with Gasteiger partial charge < -0.3 is 24.6 Å². The van der Waals surface area contributed by atoms with Gasteiger partial charge in [-0.15, -0.1) is 24.0 Å². The molecule has 162 valence electrons. The second-order valence-corrected chi connectivity index (χ2v) is 8.42. The molecule has 1 atom stereocenters. The van der Waals surface area contributed by atoms with E-state index in [-0.39, 0.29) is 36.1 Å². The summed E-state index contributed by atoms with van der Waals surface area (Å²) in [5.41, 5.74) is 1.91. The number of carbonyl (C=O) groups excluding carboxylic acids is 1. The third kappa shape index (κ3) is 6.13. The van der Waals surface area contributed by atoms with Gasteiger partial charge in [-0.2, -0.15) is 0 Å². The Kier molecular flexibility index (Phi) is 8.02.